The summed E-state index contributed by atoms with van der Waals surface area (Å²) in [6, 6.07) is 12.0. The minimum absolute atomic E-state index is 0.0634. The van der Waals surface area contributed by atoms with Crippen LogP contribution in [0.1, 0.15) is 24.2 Å². The number of fused-ring (bicyclic) bond motifs is 2. The van der Waals surface area contributed by atoms with Gasteiger partial charge in [-0.15, -0.1) is 0 Å². The molecule has 2 N–H and O–H groups in total. The van der Waals surface area contributed by atoms with Crippen LogP contribution in [0, 0.1) is 0 Å². The second-order valence-corrected chi connectivity index (χ2v) is 6.31. The molecule has 0 aliphatic carbocycles. The third-order valence-electron chi connectivity index (χ3n) is 4.64. The summed E-state index contributed by atoms with van der Waals surface area (Å²) in [5.41, 5.74) is 4.43. The SMILES string of the molecule is CC(c1cc2ccccc2[nH]1)N(C)C(=O)/C=C/c1cnc2[nH]cnc2c1. The van der Waals surface area contributed by atoms with Gasteiger partial charge < -0.3 is 14.9 Å². The monoisotopic (exact) mass is 345 g/mol. The molecule has 26 heavy (non-hydrogen) atoms. The molecule has 0 fully saturated rings. The quantitative estimate of drug-likeness (QED) is 0.554. The van der Waals surface area contributed by atoms with E-state index in [-0.39, 0.29) is 11.9 Å². The van der Waals surface area contributed by atoms with E-state index in [1.165, 1.54) is 0 Å². The minimum atomic E-state index is -0.0710. The third kappa shape index (κ3) is 2.97. The highest BCUT2D eigenvalue weighted by atomic mass is 16.2. The van der Waals surface area contributed by atoms with Gasteiger partial charge in [-0.05, 0) is 42.1 Å². The van der Waals surface area contributed by atoms with Crippen molar-refractivity contribution in [3.8, 4) is 0 Å². The first-order valence-electron chi connectivity index (χ1n) is 8.43. The van der Waals surface area contributed by atoms with Crippen LogP contribution in [0.2, 0.25) is 0 Å². The summed E-state index contributed by atoms with van der Waals surface area (Å²) < 4.78 is 0. The highest BCUT2D eigenvalue weighted by Gasteiger charge is 2.17. The molecule has 0 aliphatic heterocycles. The zero-order valence-corrected chi connectivity index (χ0v) is 14.6. The number of aromatic nitrogens is 4. The van der Waals surface area contributed by atoms with Crippen molar-refractivity contribution < 1.29 is 4.79 Å². The van der Waals surface area contributed by atoms with Gasteiger partial charge in [0.25, 0.3) is 0 Å². The maximum absolute atomic E-state index is 12.5. The number of hydrogen-bond acceptors (Lipinski definition) is 3. The predicted octanol–water partition coefficient (Wildman–Crippen LogP) is 3.67. The molecule has 130 valence electrons. The predicted molar refractivity (Wildman–Crippen MR) is 102 cm³/mol. The average molecular weight is 345 g/mol. The van der Waals surface area contributed by atoms with E-state index in [1.54, 1.807) is 36.6 Å². The van der Waals surface area contributed by atoms with Crippen LogP contribution in [0.25, 0.3) is 28.1 Å². The van der Waals surface area contributed by atoms with E-state index < -0.39 is 0 Å². The zero-order valence-electron chi connectivity index (χ0n) is 14.6. The van der Waals surface area contributed by atoms with Gasteiger partial charge in [-0.1, -0.05) is 18.2 Å². The van der Waals surface area contributed by atoms with Crippen LogP contribution in [0.5, 0.6) is 0 Å². The first-order valence-corrected chi connectivity index (χ1v) is 8.43. The number of benzene rings is 1. The third-order valence-corrected chi connectivity index (χ3v) is 4.64. The van der Waals surface area contributed by atoms with E-state index in [4.69, 9.17) is 0 Å². The Hall–Kier alpha value is -3.41. The Morgan fingerprint density at radius 2 is 2.08 bits per heavy atom. The first kappa shape index (κ1) is 16.1. The molecule has 0 radical (unpaired) electrons. The first-order chi connectivity index (χ1) is 12.6. The van der Waals surface area contributed by atoms with Gasteiger partial charge >= 0.3 is 0 Å². The Balaban J connectivity index is 1.50. The molecule has 4 rings (SSSR count). The van der Waals surface area contributed by atoms with Gasteiger partial charge in [-0.2, -0.15) is 0 Å². The van der Waals surface area contributed by atoms with Crippen LogP contribution < -0.4 is 0 Å². The molecule has 1 atom stereocenters. The molecular weight excluding hydrogens is 326 g/mol. The summed E-state index contributed by atoms with van der Waals surface area (Å²) in [6.07, 6.45) is 6.64. The second-order valence-electron chi connectivity index (χ2n) is 6.31. The van der Waals surface area contributed by atoms with Crippen molar-refractivity contribution in [3.05, 3.63) is 66.3 Å². The number of carbonyl (C=O) groups is 1. The molecule has 6 nitrogen and oxygen atoms in total. The number of carbonyl (C=O) groups excluding carboxylic acids is 1. The number of H-pyrrole nitrogens is 2. The molecule has 1 amide bonds. The molecule has 3 heterocycles. The standard InChI is InChI=1S/C20H19N5O/c1-13(17-10-15-5-3-4-6-16(15)24-17)25(2)19(26)8-7-14-9-18-20(21-11-14)23-12-22-18/h3-13,24H,1-2H3,(H,21,22,23)/b8-7+. The maximum atomic E-state index is 12.5. The van der Waals surface area contributed by atoms with E-state index in [9.17, 15) is 4.79 Å². The molecule has 6 heteroatoms. The summed E-state index contributed by atoms with van der Waals surface area (Å²) in [5, 5.41) is 1.14. The molecule has 0 spiro atoms. The van der Waals surface area contributed by atoms with E-state index in [0.717, 1.165) is 33.3 Å². The van der Waals surface area contributed by atoms with Crippen molar-refractivity contribution in [2.45, 2.75) is 13.0 Å². The molecule has 1 unspecified atom stereocenters. The molecule has 4 aromatic rings. The van der Waals surface area contributed by atoms with Gasteiger partial charge in [0.05, 0.1) is 12.4 Å². The summed E-state index contributed by atoms with van der Waals surface area (Å²) in [7, 11) is 1.80. The van der Waals surface area contributed by atoms with Gasteiger partial charge in [0.15, 0.2) is 5.65 Å². The molecule has 0 bridgehead atoms. The molecule has 0 saturated carbocycles. The van der Waals surface area contributed by atoms with Crippen LogP contribution in [-0.2, 0) is 4.79 Å². The van der Waals surface area contributed by atoms with Crippen LogP contribution in [0.3, 0.4) is 0 Å². The highest BCUT2D eigenvalue weighted by Crippen LogP contribution is 2.23. The number of hydrogen-bond donors (Lipinski definition) is 2. The van der Waals surface area contributed by atoms with Gasteiger partial charge in [0, 0.05) is 30.5 Å². The zero-order chi connectivity index (χ0) is 18.1. The Morgan fingerprint density at radius 3 is 2.92 bits per heavy atom. The lowest BCUT2D eigenvalue weighted by Gasteiger charge is -2.22. The number of amides is 1. The minimum Gasteiger partial charge on any atom is -0.357 e. The Morgan fingerprint density at radius 1 is 1.23 bits per heavy atom. The number of aromatic amines is 2. The average Bonchev–Trinajstić information content (AvgIpc) is 3.30. The van der Waals surface area contributed by atoms with Crippen LogP contribution >= 0.6 is 0 Å². The lowest BCUT2D eigenvalue weighted by Crippen LogP contribution is -2.28. The van der Waals surface area contributed by atoms with E-state index in [0.29, 0.717) is 0 Å². The van der Waals surface area contributed by atoms with Crippen LogP contribution in [-0.4, -0.2) is 37.8 Å². The van der Waals surface area contributed by atoms with Crippen molar-refractivity contribution in [3.63, 3.8) is 0 Å². The lowest BCUT2D eigenvalue weighted by atomic mass is 10.2. The van der Waals surface area contributed by atoms with Crippen molar-refractivity contribution in [1.29, 1.82) is 0 Å². The highest BCUT2D eigenvalue weighted by molar-refractivity contribution is 5.92. The number of rotatable bonds is 4. The summed E-state index contributed by atoms with van der Waals surface area (Å²) in [5.74, 6) is -0.0710. The number of likely N-dealkylation sites (N-methyl/N-ethyl adjacent to an activating group) is 1. The summed E-state index contributed by atoms with van der Waals surface area (Å²) >= 11 is 0. The molecule has 0 saturated heterocycles. The van der Waals surface area contributed by atoms with Gasteiger partial charge in [-0.3, -0.25) is 4.79 Å². The number of imidazole rings is 1. The van der Waals surface area contributed by atoms with E-state index in [1.807, 2.05) is 31.2 Å². The maximum Gasteiger partial charge on any atom is 0.246 e. The fourth-order valence-corrected chi connectivity index (χ4v) is 2.94. The topological polar surface area (TPSA) is 77.7 Å². The molecule has 3 aromatic heterocycles. The van der Waals surface area contributed by atoms with E-state index in [2.05, 4.69) is 32.1 Å². The van der Waals surface area contributed by atoms with E-state index >= 15 is 0 Å². The fourth-order valence-electron chi connectivity index (χ4n) is 2.94. The molecule has 1 aromatic carbocycles. The van der Waals surface area contributed by atoms with Crippen molar-refractivity contribution in [2.24, 2.45) is 0 Å². The molecule has 0 aliphatic rings. The van der Waals surface area contributed by atoms with Crippen LogP contribution in [0.4, 0.5) is 0 Å². The van der Waals surface area contributed by atoms with Gasteiger partial charge in [-0.25, -0.2) is 9.97 Å². The normalized spacial score (nSPS) is 12.8. The van der Waals surface area contributed by atoms with Crippen LogP contribution in [0.15, 0.2) is 55.0 Å². The number of para-hydroxylation sites is 1. The largest absolute Gasteiger partial charge is 0.357 e. The van der Waals surface area contributed by atoms with Gasteiger partial charge in [0.2, 0.25) is 5.91 Å². The lowest BCUT2D eigenvalue weighted by molar-refractivity contribution is -0.126. The smallest absolute Gasteiger partial charge is 0.246 e. The number of pyridine rings is 1. The molecular formula is C20H19N5O. The Labute approximate surface area is 150 Å². The fraction of sp³-hybridized carbons (Fsp3) is 0.150. The summed E-state index contributed by atoms with van der Waals surface area (Å²) in [4.78, 5) is 29.0. The van der Waals surface area contributed by atoms with Gasteiger partial charge in [0.1, 0.15) is 5.52 Å². The van der Waals surface area contributed by atoms with Crippen molar-refractivity contribution >= 4 is 34.1 Å². The Bertz CT molecular complexity index is 1070. The number of nitrogens with zero attached hydrogens (tertiary/aromatic N) is 3. The van der Waals surface area contributed by atoms with Crippen molar-refractivity contribution in [2.75, 3.05) is 7.05 Å². The Kier molecular flexibility index (Phi) is 4.01. The van der Waals surface area contributed by atoms with Crippen molar-refractivity contribution in [1.82, 2.24) is 24.8 Å². The summed E-state index contributed by atoms with van der Waals surface area (Å²) in [6.45, 7) is 2.01. The number of nitrogens with one attached hydrogen (secondary N) is 2. The second kappa shape index (κ2) is 6.48.